The van der Waals surface area contributed by atoms with Crippen LogP contribution in [-0.2, 0) is 0 Å². The first-order valence-corrected chi connectivity index (χ1v) is 11.6. The number of likely N-dealkylation sites (tertiary alicyclic amines) is 1. The van der Waals surface area contributed by atoms with E-state index in [1.165, 1.54) is 38.5 Å². The van der Waals surface area contributed by atoms with E-state index in [9.17, 15) is 9.59 Å². The zero-order valence-electron chi connectivity index (χ0n) is 17.5. The van der Waals surface area contributed by atoms with Crippen molar-refractivity contribution in [3.05, 3.63) is 29.8 Å². The van der Waals surface area contributed by atoms with Crippen molar-refractivity contribution in [1.29, 1.82) is 0 Å². The molecular weight excluding hydrogens is 362 g/mol. The Morgan fingerprint density at radius 3 is 2.28 bits per heavy atom. The number of nitrogens with zero attached hydrogens (tertiary/aromatic N) is 2. The highest BCUT2D eigenvalue weighted by molar-refractivity contribution is 5.95. The molecule has 3 saturated heterocycles. The summed E-state index contributed by atoms with van der Waals surface area (Å²) in [6.07, 6.45) is 9.74. The van der Waals surface area contributed by atoms with Crippen molar-refractivity contribution in [2.75, 3.05) is 18.4 Å². The number of hydrogen-bond acceptors (Lipinski definition) is 2. The van der Waals surface area contributed by atoms with Crippen LogP contribution < -0.4 is 5.32 Å². The molecule has 5 nitrogen and oxygen atoms in total. The number of amides is 3. The van der Waals surface area contributed by atoms with Gasteiger partial charge < -0.3 is 15.1 Å². The monoisotopic (exact) mass is 395 g/mol. The van der Waals surface area contributed by atoms with E-state index in [4.69, 9.17) is 0 Å². The second-order valence-corrected chi connectivity index (χ2v) is 9.93. The minimum Gasteiger partial charge on any atom is -0.336 e. The van der Waals surface area contributed by atoms with Crippen molar-refractivity contribution in [2.24, 2.45) is 17.8 Å². The minimum absolute atomic E-state index is 0.0342. The van der Waals surface area contributed by atoms with E-state index in [1.807, 2.05) is 29.2 Å². The maximum Gasteiger partial charge on any atom is 0.322 e. The molecule has 3 unspecified atom stereocenters. The number of nitrogens with one attached hydrogen (secondary N) is 1. The molecule has 3 atom stereocenters. The summed E-state index contributed by atoms with van der Waals surface area (Å²) >= 11 is 0. The van der Waals surface area contributed by atoms with Crippen LogP contribution in [0.4, 0.5) is 10.5 Å². The maximum absolute atomic E-state index is 13.0. The van der Waals surface area contributed by atoms with Gasteiger partial charge >= 0.3 is 6.03 Å². The smallest absolute Gasteiger partial charge is 0.322 e. The van der Waals surface area contributed by atoms with E-state index >= 15 is 0 Å². The van der Waals surface area contributed by atoms with Crippen LogP contribution in [0.25, 0.3) is 0 Å². The van der Waals surface area contributed by atoms with Crippen molar-refractivity contribution >= 4 is 17.6 Å². The summed E-state index contributed by atoms with van der Waals surface area (Å²) in [6.45, 7) is 3.89. The molecule has 29 heavy (non-hydrogen) atoms. The van der Waals surface area contributed by atoms with E-state index in [0.717, 1.165) is 43.5 Å². The van der Waals surface area contributed by atoms with E-state index in [0.29, 0.717) is 23.6 Å². The average molecular weight is 396 g/mol. The molecule has 1 aromatic rings. The molecule has 0 radical (unpaired) electrons. The zero-order valence-corrected chi connectivity index (χ0v) is 17.5. The van der Waals surface area contributed by atoms with Gasteiger partial charge in [0, 0.05) is 36.4 Å². The number of hydrogen-bond donors (Lipinski definition) is 1. The average Bonchev–Trinajstić information content (AvgIpc) is 2.91. The van der Waals surface area contributed by atoms with Gasteiger partial charge in [0.25, 0.3) is 5.91 Å². The molecule has 1 aromatic carbocycles. The Bertz CT molecular complexity index is 763. The van der Waals surface area contributed by atoms with Crippen LogP contribution in [0.1, 0.15) is 68.6 Å². The molecular formula is C24H33N3O2. The van der Waals surface area contributed by atoms with E-state index in [1.54, 1.807) is 0 Å². The number of piperidine rings is 1. The lowest BCUT2D eigenvalue weighted by molar-refractivity contribution is 0.0635. The number of anilines is 1. The fourth-order valence-corrected chi connectivity index (χ4v) is 6.49. The summed E-state index contributed by atoms with van der Waals surface area (Å²) in [7, 11) is 0. The van der Waals surface area contributed by atoms with Crippen molar-refractivity contribution in [3.8, 4) is 0 Å². The number of carbonyl (C=O) groups is 2. The van der Waals surface area contributed by atoms with Gasteiger partial charge in [-0.25, -0.2) is 4.79 Å². The van der Waals surface area contributed by atoms with Gasteiger partial charge in [0.15, 0.2) is 0 Å². The van der Waals surface area contributed by atoms with Crippen molar-refractivity contribution < 1.29 is 9.59 Å². The topological polar surface area (TPSA) is 52.7 Å². The van der Waals surface area contributed by atoms with Crippen LogP contribution in [0.5, 0.6) is 0 Å². The molecule has 3 heterocycles. The fraction of sp³-hybridized carbons (Fsp3) is 0.667. The molecule has 5 heteroatoms. The van der Waals surface area contributed by atoms with Gasteiger partial charge in [-0.1, -0.05) is 0 Å². The van der Waals surface area contributed by atoms with Gasteiger partial charge in [-0.05, 0) is 100 Å². The van der Waals surface area contributed by atoms with Crippen LogP contribution in [0.2, 0.25) is 0 Å². The molecule has 2 aliphatic carbocycles. The predicted molar refractivity (Wildman–Crippen MR) is 114 cm³/mol. The Labute approximate surface area is 173 Å². The summed E-state index contributed by atoms with van der Waals surface area (Å²) in [5, 5.41) is 3.10. The van der Waals surface area contributed by atoms with Gasteiger partial charge in [-0.3, -0.25) is 4.79 Å². The molecule has 4 bridgehead atoms. The molecule has 156 valence electrons. The largest absolute Gasteiger partial charge is 0.336 e. The Morgan fingerprint density at radius 1 is 0.897 bits per heavy atom. The van der Waals surface area contributed by atoms with Gasteiger partial charge in [0.2, 0.25) is 0 Å². The second-order valence-electron chi connectivity index (χ2n) is 9.93. The molecule has 3 aliphatic heterocycles. The van der Waals surface area contributed by atoms with Gasteiger partial charge in [0.05, 0.1) is 0 Å². The van der Waals surface area contributed by atoms with Crippen molar-refractivity contribution in [1.82, 2.24) is 9.80 Å². The number of urea groups is 1. The Balaban J connectivity index is 1.24. The Hall–Kier alpha value is -2.04. The summed E-state index contributed by atoms with van der Waals surface area (Å²) in [4.78, 5) is 29.9. The van der Waals surface area contributed by atoms with E-state index in [-0.39, 0.29) is 11.9 Å². The summed E-state index contributed by atoms with van der Waals surface area (Å²) in [6, 6.07) is 8.22. The van der Waals surface area contributed by atoms with Crippen LogP contribution in [0.15, 0.2) is 24.3 Å². The quantitative estimate of drug-likeness (QED) is 0.786. The second kappa shape index (κ2) is 7.66. The third-order valence-corrected chi connectivity index (χ3v) is 7.81. The van der Waals surface area contributed by atoms with Crippen molar-refractivity contribution in [3.63, 3.8) is 0 Å². The molecule has 1 N–H and O–H groups in total. The lowest BCUT2D eigenvalue weighted by Crippen LogP contribution is -2.44. The SMILES string of the molecule is CC1CCCCN1C(=O)c1ccc(NC(=O)N2CC3CC4CC(C3)CC2C4)cc1. The third kappa shape index (κ3) is 3.76. The van der Waals surface area contributed by atoms with Crippen LogP contribution >= 0.6 is 0 Å². The first-order valence-electron chi connectivity index (χ1n) is 11.6. The standard InChI is InChI=1S/C24H33N3O2/c1-16-4-2-3-9-26(16)23(28)20-5-7-21(8-6-20)25-24(29)27-15-19-11-17-10-18(12-19)14-22(27)13-17/h5-8,16-19,22H,2-4,9-15H2,1H3,(H,25,29). The summed E-state index contributed by atoms with van der Waals surface area (Å²) in [5.41, 5.74) is 1.49. The van der Waals surface area contributed by atoms with Crippen LogP contribution in [0.3, 0.4) is 0 Å². The Kier molecular flexibility index (Phi) is 5.00. The fourth-order valence-electron chi connectivity index (χ4n) is 6.49. The third-order valence-electron chi connectivity index (χ3n) is 7.81. The molecule has 5 fully saturated rings. The molecule has 3 amide bonds. The lowest BCUT2D eigenvalue weighted by atomic mass is 9.68. The highest BCUT2D eigenvalue weighted by Gasteiger charge is 2.44. The number of fused-ring (bicyclic) bond motifs is 1. The highest BCUT2D eigenvalue weighted by atomic mass is 16.2. The van der Waals surface area contributed by atoms with Gasteiger partial charge in [-0.15, -0.1) is 0 Å². The molecule has 2 saturated carbocycles. The highest BCUT2D eigenvalue weighted by Crippen LogP contribution is 2.47. The van der Waals surface area contributed by atoms with Crippen LogP contribution in [-0.4, -0.2) is 46.9 Å². The maximum atomic E-state index is 13.0. The minimum atomic E-state index is 0.0342. The Morgan fingerprint density at radius 2 is 1.59 bits per heavy atom. The van der Waals surface area contributed by atoms with E-state index in [2.05, 4.69) is 17.1 Å². The van der Waals surface area contributed by atoms with Gasteiger partial charge in [0.1, 0.15) is 0 Å². The van der Waals surface area contributed by atoms with Gasteiger partial charge in [-0.2, -0.15) is 0 Å². The molecule has 6 rings (SSSR count). The zero-order chi connectivity index (χ0) is 20.0. The first kappa shape index (κ1) is 19.0. The van der Waals surface area contributed by atoms with Crippen molar-refractivity contribution in [2.45, 2.75) is 70.4 Å². The predicted octanol–water partition coefficient (Wildman–Crippen LogP) is 4.74. The molecule has 0 spiro atoms. The number of carbonyl (C=O) groups excluding carboxylic acids is 2. The summed E-state index contributed by atoms with van der Waals surface area (Å²) < 4.78 is 0. The molecule has 5 aliphatic rings. The summed E-state index contributed by atoms with van der Waals surface area (Å²) in [5.74, 6) is 2.45. The number of benzene rings is 1. The first-order chi connectivity index (χ1) is 14.1. The number of rotatable bonds is 2. The lowest BCUT2D eigenvalue weighted by Gasteiger charge is -2.38. The van der Waals surface area contributed by atoms with Crippen LogP contribution in [0, 0.1) is 17.8 Å². The normalized spacial score (nSPS) is 33.5. The molecule has 0 aromatic heterocycles. The van der Waals surface area contributed by atoms with E-state index < -0.39 is 0 Å².